The number of furan rings is 1. The second-order valence-electron chi connectivity index (χ2n) is 10.3. The molecule has 0 fully saturated rings. The van der Waals surface area contributed by atoms with Crippen LogP contribution in [-0.2, 0) is 4.57 Å². The van der Waals surface area contributed by atoms with Gasteiger partial charge in [-0.2, -0.15) is 0 Å². The van der Waals surface area contributed by atoms with Gasteiger partial charge in [-0.3, -0.25) is 0 Å². The first-order chi connectivity index (χ1) is 18.0. The number of fused-ring (bicyclic) bond motifs is 4. The molecule has 0 aliphatic heterocycles. The Labute approximate surface area is 218 Å². The van der Waals surface area contributed by atoms with Crippen molar-refractivity contribution in [2.24, 2.45) is 0 Å². The van der Waals surface area contributed by atoms with E-state index in [0.29, 0.717) is 0 Å². The summed E-state index contributed by atoms with van der Waals surface area (Å²) < 4.78 is 19.4. The van der Waals surface area contributed by atoms with Gasteiger partial charge in [-0.05, 0) is 65.8 Å². The Balaban J connectivity index is 1.70. The standard InChI is InChI=1S/C34H31O2P/c1-37(2,35)25-14-11-13-24(23-25)26-15-5-3-4-6-16-29(28-18-8-7-17-27(26)28)31-20-12-21-32-30-19-9-10-22-33(30)36-34(31)32/h3-13,17-23,25H,14-16H2,1-2H3/b5-3-,6-4-,27-26+,29-28+. The van der Waals surface area contributed by atoms with Crippen molar-refractivity contribution in [3.8, 4) is 0 Å². The van der Waals surface area contributed by atoms with Crippen molar-refractivity contribution in [2.75, 3.05) is 13.3 Å². The number of allylic oxidation sites excluding steroid dienone is 8. The fourth-order valence-electron chi connectivity index (χ4n) is 5.57. The molecule has 37 heavy (non-hydrogen) atoms. The average molecular weight is 503 g/mol. The number of hydrogen-bond donors (Lipinski definition) is 0. The second kappa shape index (κ2) is 9.69. The van der Waals surface area contributed by atoms with Crippen LogP contribution in [0, 0.1) is 0 Å². The lowest BCUT2D eigenvalue weighted by Gasteiger charge is -2.22. The molecule has 1 heterocycles. The normalized spacial score (nSPS) is 23.0. The Morgan fingerprint density at radius 3 is 2.22 bits per heavy atom. The molecule has 2 nitrogen and oxygen atoms in total. The first kappa shape index (κ1) is 23.8. The molecule has 0 spiro atoms. The molecule has 0 saturated carbocycles. The summed E-state index contributed by atoms with van der Waals surface area (Å²) in [6, 6.07) is 23.5. The third kappa shape index (κ3) is 4.52. The van der Waals surface area contributed by atoms with E-state index in [-0.39, 0.29) is 5.66 Å². The summed E-state index contributed by atoms with van der Waals surface area (Å²) in [7, 11) is -2.24. The molecule has 1 unspecified atom stereocenters. The smallest absolute Gasteiger partial charge is 0.142 e. The summed E-state index contributed by atoms with van der Waals surface area (Å²) in [6.45, 7) is 3.81. The first-order valence-electron chi connectivity index (χ1n) is 13.0. The van der Waals surface area contributed by atoms with Gasteiger partial charge in [0.25, 0.3) is 0 Å². The highest BCUT2D eigenvalue weighted by Gasteiger charge is 2.23. The lowest BCUT2D eigenvalue weighted by molar-refractivity contribution is 0.577. The molecule has 1 aromatic heterocycles. The van der Waals surface area contributed by atoms with E-state index in [1.807, 2.05) is 25.5 Å². The monoisotopic (exact) mass is 502 g/mol. The number of para-hydroxylation sites is 2. The Kier molecular flexibility index (Phi) is 6.22. The lowest BCUT2D eigenvalue weighted by Crippen LogP contribution is -2.30. The molecule has 3 heteroatoms. The van der Waals surface area contributed by atoms with Gasteiger partial charge in [0, 0.05) is 22.0 Å². The minimum Gasteiger partial charge on any atom is -0.455 e. The Morgan fingerprint density at radius 1 is 0.757 bits per heavy atom. The van der Waals surface area contributed by atoms with Gasteiger partial charge < -0.3 is 8.98 Å². The summed E-state index contributed by atoms with van der Waals surface area (Å²) in [5.74, 6) is 0. The van der Waals surface area contributed by atoms with Gasteiger partial charge in [0.1, 0.15) is 11.2 Å². The molecule has 0 bridgehead atoms. The second-order valence-corrected chi connectivity index (χ2v) is 13.8. The van der Waals surface area contributed by atoms with Gasteiger partial charge in [-0.25, -0.2) is 0 Å². The Hall–Kier alpha value is -3.61. The predicted octanol–water partition coefficient (Wildman–Crippen LogP) is 7.72. The topological polar surface area (TPSA) is 30.2 Å². The van der Waals surface area contributed by atoms with E-state index < -0.39 is 7.14 Å². The van der Waals surface area contributed by atoms with Gasteiger partial charge in [-0.1, -0.05) is 103 Å². The zero-order valence-corrected chi connectivity index (χ0v) is 22.2. The summed E-state index contributed by atoms with van der Waals surface area (Å²) >= 11 is 0. The summed E-state index contributed by atoms with van der Waals surface area (Å²) in [4.78, 5) is 0. The number of benzene rings is 3. The molecule has 0 N–H and O–H groups in total. The minimum atomic E-state index is -2.24. The van der Waals surface area contributed by atoms with E-state index in [1.54, 1.807) is 0 Å². The van der Waals surface area contributed by atoms with E-state index in [4.69, 9.17) is 4.42 Å². The molecule has 6 rings (SSSR count). The molecule has 0 saturated heterocycles. The van der Waals surface area contributed by atoms with Gasteiger partial charge in [0.2, 0.25) is 0 Å². The fourth-order valence-corrected chi connectivity index (χ4v) is 6.72. The third-order valence-corrected chi connectivity index (χ3v) is 9.49. The number of hydrogen-bond acceptors (Lipinski definition) is 2. The molecule has 2 aliphatic rings. The van der Waals surface area contributed by atoms with Crippen LogP contribution in [0.5, 0.6) is 0 Å². The minimum absolute atomic E-state index is 0.0826. The lowest BCUT2D eigenvalue weighted by atomic mass is 9.91. The molecular weight excluding hydrogens is 471 g/mol. The largest absolute Gasteiger partial charge is 0.455 e. The molecule has 3 aromatic carbocycles. The number of rotatable bonds is 3. The molecular formula is C34H31O2P. The Bertz CT molecular complexity index is 1800. The maximum Gasteiger partial charge on any atom is 0.142 e. The van der Waals surface area contributed by atoms with Gasteiger partial charge in [-0.15, -0.1) is 0 Å². The van der Waals surface area contributed by atoms with Gasteiger partial charge >= 0.3 is 0 Å². The SMILES string of the molecule is CP(C)(=O)C1C=C(/C2=c3\cccc\c3=C(/c3cccc4c3oc3ccccc34)C/C=C\C=C/C2)C=CC1. The zero-order chi connectivity index (χ0) is 25.4. The molecule has 4 aromatic rings. The molecule has 0 radical (unpaired) electrons. The van der Waals surface area contributed by atoms with Gasteiger partial charge in [0.05, 0.1) is 7.14 Å². The summed E-state index contributed by atoms with van der Waals surface area (Å²) in [5.41, 5.74) is 6.76. The van der Waals surface area contributed by atoms with E-state index in [1.165, 1.54) is 27.2 Å². The molecule has 184 valence electrons. The van der Waals surface area contributed by atoms with E-state index in [2.05, 4.69) is 97.1 Å². The highest BCUT2D eigenvalue weighted by Crippen LogP contribution is 2.47. The van der Waals surface area contributed by atoms with Crippen LogP contribution in [0.15, 0.2) is 119 Å². The highest BCUT2D eigenvalue weighted by atomic mass is 31.2. The predicted molar refractivity (Wildman–Crippen MR) is 158 cm³/mol. The maximum absolute atomic E-state index is 13.0. The van der Waals surface area contributed by atoms with Crippen molar-refractivity contribution in [1.29, 1.82) is 0 Å². The van der Waals surface area contributed by atoms with Crippen LogP contribution >= 0.6 is 7.14 Å². The zero-order valence-electron chi connectivity index (χ0n) is 21.4. The Morgan fingerprint density at radius 2 is 1.43 bits per heavy atom. The molecule has 2 aliphatic carbocycles. The molecule has 1 atom stereocenters. The van der Waals surface area contributed by atoms with Crippen LogP contribution in [-0.4, -0.2) is 19.0 Å². The van der Waals surface area contributed by atoms with Crippen LogP contribution in [0.3, 0.4) is 0 Å². The quantitative estimate of drug-likeness (QED) is 0.269. The van der Waals surface area contributed by atoms with Crippen molar-refractivity contribution in [3.05, 3.63) is 131 Å². The van der Waals surface area contributed by atoms with Crippen LogP contribution < -0.4 is 10.4 Å². The summed E-state index contributed by atoms with van der Waals surface area (Å²) in [5, 5.41) is 4.73. The first-order valence-corrected chi connectivity index (χ1v) is 15.6. The van der Waals surface area contributed by atoms with E-state index in [9.17, 15) is 4.57 Å². The van der Waals surface area contributed by atoms with Crippen LogP contribution in [0.1, 0.15) is 24.8 Å². The van der Waals surface area contributed by atoms with Crippen molar-refractivity contribution in [3.63, 3.8) is 0 Å². The highest BCUT2D eigenvalue weighted by molar-refractivity contribution is 7.63. The van der Waals surface area contributed by atoms with Crippen molar-refractivity contribution in [2.45, 2.75) is 24.9 Å². The van der Waals surface area contributed by atoms with Crippen LogP contribution in [0.4, 0.5) is 0 Å². The molecule has 0 amide bonds. The maximum atomic E-state index is 13.0. The van der Waals surface area contributed by atoms with Crippen LogP contribution in [0.25, 0.3) is 33.1 Å². The van der Waals surface area contributed by atoms with E-state index in [0.717, 1.165) is 46.8 Å². The fraction of sp³-hybridized carbons (Fsp3) is 0.176. The van der Waals surface area contributed by atoms with E-state index >= 15 is 0 Å². The van der Waals surface area contributed by atoms with Crippen molar-refractivity contribution in [1.82, 2.24) is 0 Å². The van der Waals surface area contributed by atoms with Crippen molar-refractivity contribution >= 4 is 40.2 Å². The van der Waals surface area contributed by atoms with Crippen molar-refractivity contribution < 1.29 is 8.98 Å². The van der Waals surface area contributed by atoms with Gasteiger partial charge in [0.15, 0.2) is 0 Å². The summed E-state index contributed by atoms with van der Waals surface area (Å²) in [6.07, 6.45) is 17.8. The third-order valence-electron chi connectivity index (χ3n) is 7.53. The average Bonchev–Trinajstić information content (AvgIpc) is 3.30. The van der Waals surface area contributed by atoms with Crippen LogP contribution in [0.2, 0.25) is 0 Å².